The maximum absolute atomic E-state index is 12.4. The van der Waals surface area contributed by atoms with Crippen LogP contribution in [0.5, 0.6) is 0 Å². The van der Waals surface area contributed by atoms with Crippen LogP contribution in [-0.4, -0.2) is 35.2 Å². The van der Waals surface area contributed by atoms with Gasteiger partial charge in [-0.3, -0.25) is 0 Å². The number of carbonyl (C=O) groups excluding carboxylic acids is 1. The van der Waals surface area contributed by atoms with E-state index in [9.17, 15) is 4.79 Å². The number of carbonyl (C=O) groups is 1. The van der Waals surface area contributed by atoms with Gasteiger partial charge in [-0.25, -0.2) is 4.79 Å². The third-order valence-corrected chi connectivity index (χ3v) is 4.23. The van der Waals surface area contributed by atoms with Crippen LogP contribution in [0.1, 0.15) is 46.1 Å². The summed E-state index contributed by atoms with van der Waals surface area (Å²) in [6.45, 7) is 9.23. The van der Waals surface area contributed by atoms with Crippen LogP contribution in [0.4, 0.5) is 10.5 Å². The van der Waals surface area contributed by atoms with Crippen molar-refractivity contribution >= 4 is 11.8 Å². The number of para-hydroxylation sites is 1. The van der Waals surface area contributed by atoms with Gasteiger partial charge in [0.25, 0.3) is 0 Å². The van der Waals surface area contributed by atoms with E-state index in [1.807, 2.05) is 49.9 Å². The van der Waals surface area contributed by atoms with Crippen LogP contribution in [-0.2, 0) is 11.3 Å². The molecule has 2 rings (SSSR count). The summed E-state index contributed by atoms with van der Waals surface area (Å²) in [7, 11) is 0. The SMILES string of the molecule is CC1C(NCc2ccccc2N)CCCN1C(=O)OC(C)(C)C. The number of rotatable bonds is 3. The zero-order valence-corrected chi connectivity index (χ0v) is 14.6. The number of nitrogens with zero attached hydrogens (tertiary/aromatic N) is 1. The first-order valence-electron chi connectivity index (χ1n) is 8.34. The quantitative estimate of drug-likeness (QED) is 0.840. The van der Waals surface area contributed by atoms with Gasteiger partial charge in [-0.2, -0.15) is 0 Å². The highest BCUT2D eigenvalue weighted by atomic mass is 16.6. The van der Waals surface area contributed by atoms with Crippen LogP contribution in [0.15, 0.2) is 24.3 Å². The van der Waals surface area contributed by atoms with E-state index in [0.717, 1.165) is 30.6 Å². The maximum Gasteiger partial charge on any atom is 0.410 e. The van der Waals surface area contributed by atoms with Crippen LogP contribution in [0.2, 0.25) is 0 Å². The molecule has 0 bridgehead atoms. The van der Waals surface area contributed by atoms with Crippen molar-refractivity contribution in [3.63, 3.8) is 0 Å². The van der Waals surface area contributed by atoms with Gasteiger partial charge in [-0.1, -0.05) is 18.2 Å². The monoisotopic (exact) mass is 319 g/mol. The summed E-state index contributed by atoms with van der Waals surface area (Å²) in [5.41, 5.74) is 7.42. The second-order valence-corrected chi connectivity index (χ2v) is 7.24. The van der Waals surface area contributed by atoms with E-state index < -0.39 is 5.60 Å². The van der Waals surface area contributed by atoms with E-state index in [-0.39, 0.29) is 18.2 Å². The van der Waals surface area contributed by atoms with Gasteiger partial charge in [0.05, 0.1) is 0 Å². The van der Waals surface area contributed by atoms with Gasteiger partial charge in [0.1, 0.15) is 5.60 Å². The van der Waals surface area contributed by atoms with Gasteiger partial charge >= 0.3 is 6.09 Å². The van der Waals surface area contributed by atoms with Crippen LogP contribution in [0.3, 0.4) is 0 Å². The fraction of sp³-hybridized carbons (Fsp3) is 0.611. The molecule has 0 aromatic heterocycles. The summed E-state index contributed by atoms with van der Waals surface area (Å²) in [4.78, 5) is 14.2. The highest BCUT2D eigenvalue weighted by Crippen LogP contribution is 2.21. The molecule has 0 aliphatic carbocycles. The van der Waals surface area contributed by atoms with E-state index in [4.69, 9.17) is 10.5 Å². The molecule has 5 nitrogen and oxygen atoms in total. The molecule has 0 radical (unpaired) electrons. The predicted octanol–water partition coefficient (Wildman–Crippen LogP) is 3.15. The van der Waals surface area contributed by atoms with Crippen LogP contribution >= 0.6 is 0 Å². The molecule has 1 aromatic rings. The molecular weight excluding hydrogens is 290 g/mol. The van der Waals surface area contributed by atoms with Gasteiger partial charge in [0.15, 0.2) is 0 Å². The summed E-state index contributed by atoms with van der Waals surface area (Å²) in [5.74, 6) is 0. The van der Waals surface area contributed by atoms with Crippen molar-refractivity contribution in [2.24, 2.45) is 0 Å². The second kappa shape index (κ2) is 7.21. The van der Waals surface area contributed by atoms with Crippen molar-refractivity contribution in [1.29, 1.82) is 0 Å². The standard InChI is InChI=1S/C18H29N3O2/c1-13-16(20-12-14-8-5-6-9-15(14)19)10-7-11-21(13)17(22)23-18(2,3)4/h5-6,8-9,13,16,20H,7,10-12,19H2,1-4H3. The third kappa shape index (κ3) is 4.86. The number of piperidine rings is 1. The predicted molar refractivity (Wildman–Crippen MR) is 93.1 cm³/mol. The van der Waals surface area contributed by atoms with E-state index >= 15 is 0 Å². The van der Waals surface area contributed by atoms with Crippen molar-refractivity contribution in [3.05, 3.63) is 29.8 Å². The first-order chi connectivity index (χ1) is 10.8. The topological polar surface area (TPSA) is 67.6 Å². The first kappa shape index (κ1) is 17.6. The fourth-order valence-electron chi connectivity index (χ4n) is 2.93. The van der Waals surface area contributed by atoms with Gasteiger partial charge in [0.2, 0.25) is 0 Å². The number of amides is 1. The Hall–Kier alpha value is -1.75. The molecule has 1 saturated heterocycles. The van der Waals surface area contributed by atoms with E-state index in [2.05, 4.69) is 12.2 Å². The highest BCUT2D eigenvalue weighted by molar-refractivity contribution is 5.68. The highest BCUT2D eigenvalue weighted by Gasteiger charge is 2.33. The zero-order valence-electron chi connectivity index (χ0n) is 14.6. The van der Waals surface area contributed by atoms with Crippen molar-refractivity contribution in [3.8, 4) is 0 Å². The lowest BCUT2D eigenvalue weighted by Gasteiger charge is -2.40. The number of nitrogens with one attached hydrogen (secondary N) is 1. The number of likely N-dealkylation sites (tertiary alicyclic amines) is 1. The molecule has 1 heterocycles. The molecule has 128 valence electrons. The molecular formula is C18H29N3O2. The third-order valence-electron chi connectivity index (χ3n) is 4.23. The number of nitrogens with two attached hydrogens (primary N) is 1. The molecule has 2 unspecified atom stereocenters. The van der Waals surface area contributed by atoms with Gasteiger partial charge in [0, 0.05) is 30.9 Å². The van der Waals surface area contributed by atoms with Gasteiger partial charge in [-0.15, -0.1) is 0 Å². The largest absolute Gasteiger partial charge is 0.444 e. The number of benzene rings is 1. The molecule has 1 aliphatic heterocycles. The summed E-state index contributed by atoms with van der Waals surface area (Å²) >= 11 is 0. The Morgan fingerprint density at radius 2 is 2.09 bits per heavy atom. The molecule has 3 N–H and O–H groups in total. The van der Waals surface area contributed by atoms with Crippen molar-refractivity contribution in [1.82, 2.24) is 10.2 Å². The first-order valence-corrected chi connectivity index (χ1v) is 8.34. The molecule has 0 saturated carbocycles. The van der Waals surface area contributed by atoms with Gasteiger partial charge in [-0.05, 0) is 52.2 Å². The molecule has 5 heteroatoms. The van der Waals surface area contributed by atoms with Gasteiger partial charge < -0.3 is 20.7 Å². The summed E-state index contributed by atoms with van der Waals surface area (Å²) in [5, 5.41) is 3.55. The Labute approximate surface area is 139 Å². The summed E-state index contributed by atoms with van der Waals surface area (Å²) in [6, 6.07) is 8.21. The lowest BCUT2D eigenvalue weighted by Crippen LogP contribution is -2.55. The van der Waals surface area contributed by atoms with Crippen LogP contribution in [0.25, 0.3) is 0 Å². The molecule has 0 spiro atoms. The van der Waals surface area contributed by atoms with Crippen LogP contribution < -0.4 is 11.1 Å². The van der Waals surface area contributed by atoms with E-state index in [1.54, 1.807) is 0 Å². The Kier molecular flexibility index (Phi) is 5.52. The molecule has 1 aliphatic rings. The Morgan fingerprint density at radius 1 is 1.39 bits per heavy atom. The smallest absolute Gasteiger partial charge is 0.410 e. The van der Waals surface area contributed by atoms with Crippen molar-refractivity contribution in [2.75, 3.05) is 12.3 Å². The van der Waals surface area contributed by atoms with Crippen molar-refractivity contribution in [2.45, 2.75) is 64.8 Å². The molecule has 23 heavy (non-hydrogen) atoms. The zero-order chi connectivity index (χ0) is 17.0. The Bertz CT molecular complexity index is 539. The van der Waals surface area contributed by atoms with Crippen LogP contribution in [0, 0.1) is 0 Å². The average molecular weight is 319 g/mol. The molecule has 2 atom stereocenters. The number of hydrogen-bond acceptors (Lipinski definition) is 4. The number of anilines is 1. The molecule has 1 amide bonds. The van der Waals surface area contributed by atoms with E-state index in [1.165, 1.54) is 0 Å². The minimum Gasteiger partial charge on any atom is -0.444 e. The average Bonchev–Trinajstić information content (AvgIpc) is 2.46. The maximum atomic E-state index is 12.4. The number of ether oxygens (including phenoxy) is 1. The molecule has 1 aromatic carbocycles. The minimum atomic E-state index is -0.463. The normalized spacial score (nSPS) is 22.0. The minimum absolute atomic E-state index is 0.100. The summed E-state index contributed by atoms with van der Waals surface area (Å²) in [6.07, 6.45) is 1.80. The fourth-order valence-corrected chi connectivity index (χ4v) is 2.93. The summed E-state index contributed by atoms with van der Waals surface area (Å²) < 4.78 is 5.52. The Balaban J connectivity index is 1.95. The number of nitrogen functional groups attached to an aromatic ring is 1. The molecule has 1 fully saturated rings. The lowest BCUT2D eigenvalue weighted by atomic mass is 9.97. The number of hydrogen-bond donors (Lipinski definition) is 2. The lowest BCUT2D eigenvalue weighted by molar-refractivity contribution is 0.00699. The van der Waals surface area contributed by atoms with Crippen molar-refractivity contribution < 1.29 is 9.53 Å². The Morgan fingerprint density at radius 3 is 2.74 bits per heavy atom. The van der Waals surface area contributed by atoms with E-state index in [0.29, 0.717) is 6.54 Å². The second-order valence-electron chi connectivity index (χ2n) is 7.24.